The largest absolute Gasteiger partial charge is 0.501 e. The molecule has 1 aromatic rings. The van der Waals surface area contributed by atoms with E-state index in [0.29, 0.717) is 17.6 Å². The van der Waals surface area contributed by atoms with Gasteiger partial charge in [-0.25, -0.2) is 0 Å². The molecular weight excluding hydrogens is 326 g/mol. The van der Waals surface area contributed by atoms with Gasteiger partial charge in [0, 0.05) is 44.4 Å². The van der Waals surface area contributed by atoms with Crippen molar-refractivity contribution in [1.29, 1.82) is 5.26 Å². The molecule has 5 heteroatoms. The number of nitriles is 1. The topological polar surface area (TPSA) is 65.4 Å². The van der Waals surface area contributed by atoms with Crippen LogP contribution in [0.5, 0.6) is 0 Å². The fourth-order valence-corrected chi connectivity index (χ4v) is 2.64. The van der Waals surface area contributed by atoms with Gasteiger partial charge in [-0.05, 0) is 35.9 Å². The number of carbonyl (C=O) groups is 1. The van der Waals surface area contributed by atoms with E-state index >= 15 is 0 Å². The number of allylic oxidation sites excluding steroid dienone is 4. The van der Waals surface area contributed by atoms with Crippen LogP contribution in [0.15, 0.2) is 65.1 Å². The lowest BCUT2D eigenvalue weighted by atomic mass is 9.99. The van der Waals surface area contributed by atoms with Crippen LogP contribution in [-0.4, -0.2) is 39.1 Å². The van der Waals surface area contributed by atoms with Gasteiger partial charge >= 0.3 is 0 Å². The van der Waals surface area contributed by atoms with Crippen LogP contribution >= 0.6 is 0 Å². The summed E-state index contributed by atoms with van der Waals surface area (Å²) in [5.74, 6) is 0.704. The van der Waals surface area contributed by atoms with Crippen molar-refractivity contribution in [3.8, 4) is 6.07 Å². The predicted octanol–water partition coefficient (Wildman–Crippen LogP) is 3.26. The average molecular weight is 349 g/mol. The minimum Gasteiger partial charge on any atom is -0.501 e. The molecule has 0 aliphatic heterocycles. The summed E-state index contributed by atoms with van der Waals surface area (Å²) >= 11 is 0. The van der Waals surface area contributed by atoms with E-state index in [0.717, 1.165) is 22.6 Å². The quantitative estimate of drug-likeness (QED) is 0.829. The van der Waals surface area contributed by atoms with Gasteiger partial charge < -0.3 is 15.0 Å². The standard InChI is InChI=1S/C21H23N3O2/c1-23-21(25)16-7-5-15(6-8-16)13-17(14-22)19-11-9-18(26-4)10-12-20(19)24(2)3/h5-8,10-13H,9H2,1-4H3,(H,23,25)/b17-13+. The normalized spacial score (nSPS) is 14.3. The fourth-order valence-electron chi connectivity index (χ4n) is 2.64. The van der Waals surface area contributed by atoms with E-state index in [-0.39, 0.29) is 5.91 Å². The highest BCUT2D eigenvalue weighted by Gasteiger charge is 2.15. The van der Waals surface area contributed by atoms with E-state index in [2.05, 4.69) is 11.4 Å². The Bertz CT molecular complexity index is 835. The third kappa shape index (κ3) is 4.42. The Morgan fingerprint density at radius 3 is 2.50 bits per heavy atom. The Morgan fingerprint density at radius 1 is 1.27 bits per heavy atom. The van der Waals surface area contributed by atoms with E-state index < -0.39 is 0 Å². The summed E-state index contributed by atoms with van der Waals surface area (Å²) in [5.41, 5.74) is 3.79. The number of amides is 1. The first-order valence-corrected chi connectivity index (χ1v) is 8.27. The molecule has 2 rings (SSSR count). The van der Waals surface area contributed by atoms with E-state index in [1.807, 2.05) is 55.4 Å². The highest BCUT2D eigenvalue weighted by molar-refractivity contribution is 5.94. The first-order valence-electron chi connectivity index (χ1n) is 8.27. The Balaban J connectivity index is 2.40. The highest BCUT2D eigenvalue weighted by Crippen LogP contribution is 2.27. The van der Waals surface area contributed by atoms with Crippen molar-refractivity contribution in [3.63, 3.8) is 0 Å². The molecule has 0 radical (unpaired) electrons. The maximum atomic E-state index is 11.6. The number of nitrogens with zero attached hydrogens (tertiary/aromatic N) is 2. The van der Waals surface area contributed by atoms with Crippen LogP contribution in [0.2, 0.25) is 0 Å². The van der Waals surface area contributed by atoms with Gasteiger partial charge in [0.1, 0.15) is 0 Å². The fraction of sp³-hybridized carbons (Fsp3) is 0.238. The number of hydrogen-bond donors (Lipinski definition) is 1. The molecule has 0 unspecified atom stereocenters. The van der Waals surface area contributed by atoms with Gasteiger partial charge in [-0.2, -0.15) is 5.26 Å². The van der Waals surface area contributed by atoms with Crippen LogP contribution < -0.4 is 5.32 Å². The Hall–Kier alpha value is -3.26. The van der Waals surface area contributed by atoms with Gasteiger partial charge in [0.15, 0.2) is 0 Å². The summed E-state index contributed by atoms with van der Waals surface area (Å²) < 4.78 is 5.34. The molecule has 0 saturated carbocycles. The lowest BCUT2D eigenvalue weighted by Crippen LogP contribution is -2.17. The zero-order valence-electron chi connectivity index (χ0n) is 15.5. The summed E-state index contributed by atoms with van der Waals surface area (Å²) in [6, 6.07) is 9.45. The number of methoxy groups -OCH3 is 1. The van der Waals surface area contributed by atoms with Crippen molar-refractivity contribution in [1.82, 2.24) is 10.2 Å². The SMILES string of the molecule is CNC(=O)c1ccc(/C=C(\C#N)C2=CCC(OC)=CC=C2N(C)C)cc1. The smallest absolute Gasteiger partial charge is 0.251 e. The molecule has 0 heterocycles. The van der Waals surface area contributed by atoms with Crippen LogP contribution in [-0.2, 0) is 4.74 Å². The number of carbonyl (C=O) groups excluding carboxylic acids is 1. The second-order valence-corrected chi connectivity index (χ2v) is 5.98. The summed E-state index contributed by atoms with van der Waals surface area (Å²) in [5, 5.41) is 12.3. The summed E-state index contributed by atoms with van der Waals surface area (Å²) in [6.07, 6.45) is 8.33. The zero-order chi connectivity index (χ0) is 19.1. The molecule has 0 fully saturated rings. The number of hydrogen-bond acceptors (Lipinski definition) is 4. The highest BCUT2D eigenvalue weighted by atomic mass is 16.5. The molecule has 1 N–H and O–H groups in total. The van der Waals surface area contributed by atoms with Crippen molar-refractivity contribution in [2.45, 2.75) is 6.42 Å². The van der Waals surface area contributed by atoms with Crippen molar-refractivity contribution < 1.29 is 9.53 Å². The molecule has 0 bridgehead atoms. The molecule has 0 aromatic heterocycles. The second-order valence-electron chi connectivity index (χ2n) is 5.98. The maximum absolute atomic E-state index is 11.6. The van der Waals surface area contributed by atoms with Crippen LogP contribution in [0.4, 0.5) is 0 Å². The van der Waals surface area contributed by atoms with Gasteiger partial charge in [-0.15, -0.1) is 0 Å². The second kappa shape index (κ2) is 8.72. The molecule has 26 heavy (non-hydrogen) atoms. The summed E-state index contributed by atoms with van der Waals surface area (Å²) in [6.45, 7) is 0. The van der Waals surface area contributed by atoms with Gasteiger partial charge in [-0.3, -0.25) is 4.79 Å². The number of nitrogens with one attached hydrogen (secondary N) is 1. The monoisotopic (exact) mass is 349 g/mol. The third-order valence-corrected chi connectivity index (χ3v) is 4.08. The lowest BCUT2D eigenvalue weighted by Gasteiger charge is -2.19. The molecule has 0 saturated heterocycles. The number of ether oxygens (including phenoxy) is 1. The Kier molecular flexibility index (Phi) is 6.40. The van der Waals surface area contributed by atoms with Crippen molar-refractivity contribution >= 4 is 12.0 Å². The van der Waals surface area contributed by atoms with Crippen molar-refractivity contribution in [3.05, 3.63) is 76.2 Å². The zero-order valence-corrected chi connectivity index (χ0v) is 15.5. The number of likely N-dealkylation sites (N-methyl/N-ethyl adjacent to an activating group) is 1. The minimum atomic E-state index is -0.136. The molecule has 0 spiro atoms. The number of rotatable bonds is 5. The molecule has 1 aromatic carbocycles. The molecule has 1 aliphatic carbocycles. The Labute approximate surface area is 154 Å². The molecule has 134 valence electrons. The third-order valence-electron chi connectivity index (χ3n) is 4.08. The summed E-state index contributed by atoms with van der Waals surface area (Å²) in [4.78, 5) is 13.6. The number of benzene rings is 1. The molecule has 1 amide bonds. The van der Waals surface area contributed by atoms with Gasteiger partial charge in [-0.1, -0.05) is 18.2 Å². The van der Waals surface area contributed by atoms with Crippen LogP contribution in [0.1, 0.15) is 22.3 Å². The average Bonchev–Trinajstić information content (AvgIpc) is 2.88. The molecule has 1 aliphatic rings. The Morgan fingerprint density at radius 2 is 1.96 bits per heavy atom. The maximum Gasteiger partial charge on any atom is 0.251 e. The van der Waals surface area contributed by atoms with Crippen LogP contribution in [0, 0.1) is 11.3 Å². The first-order chi connectivity index (χ1) is 12.5. The van der Waals surface area contributed by atoms with Gasteiger partial charge in [0.25, 0.3) is 5.91 Å². The summed E-state index contributed by atoms with van der Waals surface area (Å²) in [7, 11) is 7.12. The van der Waals surface area contributed by atoms with E-state index in [1.165, 1.54) is 0 Å². The van der Waals surface area contributed by atoms with Gasteiger partial charge in [0.2, 0.25) is 0 Å². The molecular formula is C21H23N3O2. The van der Waals surface area contributed by atoms with E-state index in [1.54, 1.807) is 26.3 Å². The molecule has 5 nitrogen and oxygen atoms in total. The van der Waals surface area contributed by atoms with Crippen LogP contribution in [0.3, 0.4) is 0 Å². The van der Waals surface area contributed by atoms with Gasteiger partial charge in [0.05, 0.1) is 24.5 Å². The van der Waals surface area contributed by atoms with E-state index in [9.17, 15) is 10.1 Å². The predicted molar refractivity (Wildman–Crippen MR) is 103 cm³/mol. The minimum absolute atomic E-state index is 0.136. The van der Waals surface area contributed by atoms with E-state index in [4.69, 9.17) is 4.74 Å². The van der Waals surface area contributed by atoms with Crippen molar-refractivity contribution in [2.75, 3.05) is 28.3 Å². The van der Waals surface area contributed by atoms with Crippen molar-refractivity contribution in [2.24, 2.45) is 0 Å². The lowest BCUT2D eigenvalue weighted by molar-refractivity contribution is 0.0963. The van der Waals surface area contributed by atoms with Crippen LogP contribution in [0.25, 0.3) is 6.08 Å². The first kappa shape index (κ1) is 19.1. The molecule has 0 atom stereocenters.